The van der Waals surface area contributed by atoms with E-state index >= 15 is 0 Å². The number of anilines is 1. The number of azide groups is 1. The van der Waals surface area contributed by atoms with E-state index in [-0.39, 0.29) is 6.03 Å². The molecule has 0 bridgehead atoms. The van der Waals surface area contributed by atoms with Crippen LogP contribution in [-0.4, -0.2) is 19.1 Å². The summed E-state index contributed by atoms with van der Waals surface area (Å²) < 4.78 is 0. The second-order valence-corrected chi connectivity index (χ2v) is 4.22. The first-order chi connectivity index (χ1) is 8.61. The molecule has 0 atom stereocenters. The summed E-state index contributed by atoms with van der Waals surface area (Å²) in [5, 5.41) is 9.44. The molecule has 18 heavy (non-hydrogen) atoms. The first-order valence-electron chi connectivity index (χ1n) is 5.13. The Hall–Kier alpha value is -1.62. The Morgan fingerprint density at radius 3 is 2.61 bits per heavy atom. The molecule has 8 heteroatoms. The van der Waals surface area contributed by atoms with Crippen LogP contribution in [0.1, 0.15) is 6.42 Å². The summed E-state index contributed by atoms with van der Waals surface area (Å²) in [4.78, 5) is 14.1. The summed E-state index contributed by atoms with van der Waals surface area (Å²) in [6.45, 7) is 0.763. The van der Waals surface area contributed by atoms with Crippen molar-refractivity contribution >= 4 is 34.9 Å². The van der Waals surface area contributed by atoms with E-state index in [0.717, 1.165) is 0 Å². The Bertz CT molecular complexity index is 453. The number of hydrogen-bond acceptors (Lipinski definition) is 2. The van der Waals surface area contributed by atoms with E-state index in [2.05, 4.69) is 20.7 Å². The molecule has 0 aromatic heterocycles. The van der Waals surface area contributed by atoms with Crippen LogP contribution in [0.2, 0.25) is 10.0 Å². The van der Waals surface area contributed by atoms with Crippen LogP contribution in [0.3, 0.4) is 0 Å². The van der Waals surface area contributed by atoms with Gasteiger partial charge in [0.1, 0.15) is 0 Å². The summed E-state index contributed by atoms with van der Waals surface area (Å²) in [5.74, 6) is 0. The standard InChI is InChI=1S/C10H11Cl2N5O/c11-7-4-8(12)6-9(5-7)16-10(18)14-2-1-3-15-17-13/h4-6H,1-3H2,(H2,14,16,18). The molecular formula is C10H11Cl2N5O. The molecule has 0 unspecified atom stereocenters. The second kappa shape index (κ2) is 7.66. The highest BCUT2D eigenvalue weighted by Crippen LogP contribution is 2.22. The number of amides is 2. The van der Waals surface area contributed by atoms with Crippen molar-refractivity contribution in [3.05, 3.63) is 38.7 Å². The first-order valence-corrected chi connectivity index (χ1v) is 5.89. The van der Waals surface area contributed by atoms with Gasteiger partial charge in [0.25, 0.3) is 0 Å². The maximum atomic E-state index is 11.5. The van der Waals surface area contributed by atoms with Crippen molar-refractivity contribution in [3.8, 4) is 0 Å². The van der Waals surface area contributed by atoms with Gasteiger partial charge in [0, 0.05) is 33.7 Å². The lowest BCUT2D eigenvalue weighted by Gasteiger charge is -2.07. The molecular weight excluding hydrogens is 277 g/mol. The summed E-state index contributed by atoms with van der Waals surface area (Å²) in [6, 6.07) is 4.39. The third-order valence-corrected chi connectivity index (χ3v) is 2.34. The molecule has 1 aromatic carbocycles. The monoisotopic (exact) mass is 287 g/mol. The number of carbonyl (C=O) groups excluding carboxylic acids is 1. The predicted octanol–water partition coefficient (Wildman–Crippen LogP) is 3.82. The Balaban J connectivity index is 2.37. The molecule has 0 spiro atoms. The molecule has 0 saturated heterocycles. The Kier molecular flexibility index (Phi) is 6.14. The molecule has 2 amide bonds. The third kappa shape index (κ3) is 5.63. The van der Waals surface area contributed by atoms with E-state index in [1.165, 1.54) is 0 Å². The second-order valence-electron chi connectivity index (χ2n) is 3.35. The van der Waals surface area contributed by atoms with E-state index in [9.17, 15) is 4.79 Å². The van der Waals surface area contributed by atoms with Crippen LogP contribution in [0.25, 0.3) is 10.4 Å². The lowest BCUT2D eigenvalue weighted by atomic mass is 10.3. The number of benzene rings is 1. The maximum absolute atomic E-state index is 11.5. The van der Waals surface area contributed by atoms with Crippen molar-refractivity contribution in [1.29, 1.82) is 0 Å². The summed E-state index contributed by atoms with van der Waals surface area (Å²) in [7, 11) is 0. The topological polar surface area (TPSA) is 89.9 Å². The number of carbonyl (C=O) groups is 1. The predicted molar refractivity (Wildman–Crippen MR) is 72.1 cm³/mol. The van der Waals surface area contributed by atoms with Crippen molar-refractivity contribution < 1.29 is 4.79 Å². The van der Waals surface area contributed by atoms with E-state index in [0.29, 0.717) is 35.2 Å². The van der Waals surface area contributed by atoms with Gasteiger partial charge < -0.3 is 10.6 Å². The van der Waals surface area contributed by atoms with Crippen LogP contribution in [0.5, 0.6) is 0 Å². The zero-order valence-electron chi connectivity index (χ0n) is 9.36. The highest BCUT2D eigenvalue weighted by Gasteiger charge is 2.02. The zero-order valence-corrected chi connectivity index (χ0v) is 10.9. The number of urea groups is 1. The van der Waals surface area contributed by atoms with E-state index in [1.807, 2.05) is 0 Å². The van der Waals surface area contributed by atoms with Crippen molar-refractivity contribution in [2.45, 2.75) is 6.42 Å². The minimum Gasteiger partial charge on any atom is -0.338 e. The molecule has 0 heterocycles. The van der Waals surface area contributed by atoms with Crippen molar-refractivity contribution in [2.75, 3.05) is 18.4 Å². The highest BCUT2D eigenvalue weighted by atomic mass is 35.5. The van der Waals surface area contributed by atoms with Gasteiger partial charge in [-0.25, -0.2) is 4.79 Å². The van der Waals surface area contributed by atoms with Gasteiger partial charge in [0.2, 0.25) is 0 Å². The molecule has 0 aliphatic rings. The first kappa shape index (κ1) is 14.4. The minimum atomic E-state index is -0.366. The largest absolute Gasteiger partial charge is 0.338 e. The van der Waals surface area contributed by atoms with Gasteiger partial charge in [-0.15, -0.1) is 0 Å². The molecule has 0 aliphatic heterocycles. The van der Waals surface area contributed by atoms with Gasteiger partial charge in [0.05, 0.1) is 0 Å². The number of nitrogens with zero attached hydrogens (tertiary/aromatic N) is 3. The summed E-state index contributed by atoms with van der Waals surface area (Å²) in [5.41, 5.74) is 8.57. The fraction of sp³-hybridized carbons (Fsp3) is 0.300. The quantitative estimate of drug-likeness (QED) is 0.367. The fourth-order valence-corrected chi connectivity index (χ4v) is 1.72. The maximum Gasteiger partial charge on any atom is 0.319 e. The molecule has 1 rings (SSSR count). The smallest absolute Gasteiger partial charge is 0.319 e. The van der Waals surface area contributed by atoms with Crippen LogP contribution in [0.4, 0.5) is 10.5 Å². The lowest BCUT2D eigenvalue weighted by molar-refractivity contribution is 0.252. The van der Waals surface area contributed by atoms with Gasteiger partial charge in [-0.05, 0) is 30.2 Å². The molecule has 6 nitrogen and oxygen atoms in total. The van der Waals surface area contributed by atoms with Crippen molar-refractivity contribution in [1.82, 2.24) is 5.32 Å². The Labute approximate surface area is 114 Å². The van der Waals surface area contributed by atoms with Gasteiger partial charge in [-0.3, -0.25) is 0 Å². The lowest BCUT2D eigenvalue weighted by Crippen LogP contribution is -2.29. The van der Waals surface area contributed by atoms with E-state index in [4.69, 9.17) is 28.7 Å². The van der Waals surface area contributed by atoms with Crippen LogP contribution < -0.4 is 10.6 Å². The van der Waals surface area contributed by atoms with Crippen molar-refractivity contribution in [2.24, 2.45) is 5.11 Å². The van der Waals surface area contributed by atoms with E-state index < -0.39 is 0 Å². The fourth-order valence-electron chi connectivity index (χ4n) is 1.20. The SMILES string of the molecule is [N-]=[N+]=NCCCNC(=O)Nc1cc(Cl)cc(Cl)c1. The summed E-state index contributed by atoms with van der Waals surface area (Å²) in [6.07, 6.45) is 0.577. The molecule has 0 aliphatic carbocycles. The van der Waals surface area contributed by atoms with Gasteiger partial charge >= 0.3 is 6.03 Å². The third-order valence-electron chi connectivity index (χ3n) is 1.90. The average molecular weight is 288 g/mol. The van der Waals surface area contributed by atoms with Crippen LogP contribution >= 0.6 is 23.2 Å². The normalized spacial score (nSPS) is 9.44. The molecule has 0 saturated carbocycles. The van der Waals surface area contributed by atoms with Gasteiger partial charge in [-0.1, -0.05) is 28.3 Å². The number of hydrogen-bond donors (Lipinski definition) is 2. The van der Waals surface area contributed by atoms with Gasteiger partial charge in [-0.2, -0.15) is 0 Å². The van der Waals surface area contributed by atoms with Crippen LogP contribution in [0.15, 0.2) is 23.3 Å². The molecule has 0 radical (unpaired) electrons. The summed E-state index contributed by atoms with van der Waals surface area (Å²) >= 11 is 11.6. The van der Waals surface area contributed by atoms with E-state index in [1.54, 1.807) is 18.2 Å². The van der Waals surface area contributed by atoms with Gasteiger partial charge in [0.15, 0.2) is 0 Å². The van der Waals surface area contributed by atoms with Crippen LogP contribution in [0, 0.1) is 0 Å². The van der Waals surface area contributed by atoms with Crippen molar-refractivity contribution in [3.63, 3.8) is 0 Å². The Morgan fingerprint density at radius 2 is 2.00 bits per heavy atom. The minimum absolute atomic E-state index is 0.347. The molecule has 96 valence electrons. The average Bonchev–Trinajstić information content (AvgIpc) is 2.27. The number of nitrogens with one attached hydrogen (secondary N) is 2. The molecule has 1 aromatic rings. The molecule has 0 fully saturated rings. The Morgan fingerprint density at radius 1 is 1.33 bits per heavy atom. The number of rotatable bonds is 5. The number of halogens is 2. The highest BCUT2D eigenvalue weighted by molar-refractivity contribution is 6.35. The molecule has 2 N–H and O–H groups in total. The zero-order chi connectivity index (χ0) is 13.4. The van der Waals surface area contributed by atoms with Crippen LogP contribution in [-0.2, 0) is 0 Å².